The van der Waals surface area contributed by atoms with Crippen molar-refractivity contribution in [2.45, 2.75) is 32.6 Å². The van der Waals surface area contributed by atoms with E-state index in [9.17, 15) is 4.57 Å². The molecule has 198 valence electrons. The molecule has 1 heterocycles. The molecule has 3 aromatic carbocycles. The molecular weight excluding hydrogens is 526 g/mol. The van der Waals surface area contributed by atoms with Crippen LogP contribution in [0.4, 0.5) is 0 Å². The van der Waals surface area contributed by atoms with Crippen molar-refractivity contribution >= 4 is 30.8 Å². The zero-order valence-electron chi connectivity index (χ0n) is 21.5. The fourth-order valence-electron chi connectivity index (χ4n) is 4.84. The standard InChI is InChI=1S/C29H35Cl2N2O3P/c1-3-35-37(34,36-4-2)22-24-7-5-23(6-8-24)21-32-17-19-33(20-18-32)29(25-9-13-27(30)14-10-25)26-11-15-28(31)16-12-26/h5-16,29H,3-4,17-22H2,1-2H3. The molecule has 0 bridgehead atoms. The van der Waals surface area contributed by atoms with Gasteiger partial charge in [0.1, 0.15) is 0 Å². The number of nitrogens with zero attached hydrogens (tertiary/aromatic N) is 2. The van der Waals surface area contributed by atoms with Gasteiger partial charge >= 0.3 is 7.60 Å². The van der Waals surface area contributed by atoms with E-state index >= 15 is 0 Å². The van der Waals surface area contributed by atoms with Crippen molar-refractivity contribution in [2.24, 2.45) is 0 Å². The van der Waals surface area contributed by atoms with Crippen LogP contribution in [0.15, 0.2) is 72.8 Å². The molecule has 0 spiro atoms. The minimum absolute atomic E-state index is 0.155. The topological polar surface area (TPSA) is 42.0 Å². The summed E-state index contributed by atoms with van der Waals surface area (Å²) in [5, 5.41) is 1.49. The van der Waals surface area contributed by atoms with Crippen molar-refractivity contribution in [3.63, 3.8) is 0 Å². The van der Waals surface area contributed by atoms with E-state index < -0.39 is 7.60 Å². The van der Waals surface area contributed by atoms with E-state index in [4.69, 9.17) is 32.2 Å². The average Bonchev–Trinajstić information content (AvgIpc) is 2.89. The molecule has 5 nitrogen and oxygen atoms in total. The van der Waals surface area contributed by atoms with Crippen molar-refractivity contribution in [3.05, 3.63) is 105 Å². The Labute approximate surface area is 230 Å². The molecule has 0 aromatic heterocycles. The maximum absolute atomic E-state index is 12.8. The Morgan fingerprint density at radius 3 is 1.65 bits per heavy atom. The first kappa shape index (κ1) is 28.3. The van der Waals surface area contributed by atoms with E-state index in [0.717, 1.165) is 48.3 Å². The van der Waals surface area contributed by atoms with Gasteiger partial charge in [0, 0.05) is 42.8 Å². The van der Waals surface area contributed by atoms with Crippen LogP contribution in [0.1, 0.15) is 42.1 Å². The zero-order valence-corrected chi connectivity index (χ0v) is 23.9. The van der Waals surface area contributed by atoms with E-state index in [0.29, 0.717) is 19.4 Å². The second-order valence-electron chi connectivity index (χ2n) is 9.24. The van der Waals surface area contributed by atoms with Crippen molar-refractivity contribution in [1.29, 1.82) is 0 Å². The first-order chi connectivity index (χ1) is 17.9. The summed E-state index contributed by atoms with van der Waals surface area (Å²) in [7, 11) is -3.09. The molecule has 0 atom stereocenters. The highest BCUT2D eigenvalue weighted by Gasteiger charge is 2.27. The van der Waals surface area contributed by atoms with Crippen LogP contribution in [0.2, 0.25) is 10.0 Å². The van der Waals surface area contributed by atoms with Crippen LogP contribution >= 0.6 is 30.8 Å². The maximum atomic E-state index is 12.8. The minimum Gasteiger partial charge on any atom is -0.309 e. The van der Waals surface area contributed by atoms with Gasteiger partial charge in [-0.25, -0.2) is 0 Å². The Morgan fingerprint density at radius 1 is 0.730 bits per heavy atom. The van der Waals surface area contributed by atoms with Crippen molar-refractivity contribution in [3.8, 4) is 0 Å². The third kappa shape index (κ3) is 7.91. The van der Waals surface area contributed by atoms with Crippen molar-refractivity contribution < 1.29 is 13.6 Å². The fraction of sp³-hybridized carbons (Fsp3) is 0.379. The van der Waals surface area contributed by atoms with Gasteiger partial charge in [-0.15, -0.1) is 0 Å². The molecule has 37 heavy (non-hydrogen) atoms. The highest BCUT2D eigenvalue weighted by atomic mass is 35.5. The van der Waals surface area contributed by atoms with Crippen LogP contribution < -0.4 is 0 Å². The third-order valence-corrected chi connectivity index (χ3v) is 9.16. The Balaban J connectivity index is 1.38. The quantitative estimate of drug-likeness (QED) is 0.225. The molecular formula is C29H35Cl2N2O3P. The Hall–Kier alpha value is -1.69. The lowest BCUT2D eigenvalue weighted by atomic mass is 9.96. The molecule has 1 fully saturated rings. The molecule has 8 heteroatoms. The first-order valence-corrected chi connectivity index (χ1v) is 15.3. The summed E-state index contributed by atoms with van der Waals surface area (Å²) in [6.07, 6.45) is 0.296. The van der Waals surface area contributed by atoms with E-state index in [1.54, 1.807) is 0 Å². The third-order valence-electron chi connectivity index (χ3n) is 6.60. The van der Waals surface area contributed by atoms with Gasteiger partial charge in [0.15, 0.2) is 0 Å². The molecule has 0 unspecified atom stereocenters. The predicted molar refractivity (Wildman–Crippen MR) is 153 cm³/mol. The van der Waals surface area contributed by atoms with Gasteiger partial charge in [-0.1, -0.05) is 71.7 Å². The molecule has 0 N–H and O–H groups in total. The van der Waals surface area contributed by atoms with Gasteiger partial charge in [-0.3, -0.25) is 14.4 Å². The van der Waals surface area contributed by atoms with Gasteiger partial charge in [-0.05, 0) is 60.4 Å². The highest BCUT2D eigenvalue weighted by Crippen LogP contribution is 2.51. The van der Waals surface area contributed by atoms with Crippen LogP contribution in [0.5, 0.6) is 0 Å². The van der Waals surface area contributed by atoms with Crippen molar-refractivity contribution in [2.75, 3.05) is 39.4 Å². The smallest absolute Gasteiger partial charge is 0.309 e. The van der Waals surface area contributed by atoms with Crippen molar-refractivity contribution in [1.82, 2.24) is 9.80 Å². The van der Waals surface area contributed by atoms with E-state index in [1.807, 2.05) is 50.2 Å². The Morgan fingerprint density at radius 2 is 1.19 bits per heavy atom. The monoisotopic (exact) mass is 560 g/mol. The Kier molecular flexibility index (Phi) is 10.3. The fourth-order valence-corrected chi connectivity index (χ4v) is 6.79. The summed E-state index contributed by atoms with van der Waals surface area (Å²) in [5.41, 5.74) is 4.67. The normalized spacial score (nSPS) is 15.4. The SMILES string of the molecule is CCOP(=O)(Cc1ccc(CN2CCN(C(c3ccc(Cl)cc3)c3ccc(Cl)cc3)CC2)cc1)OCC. The number of rotatable bonds is 11. The van der Waals surface area contributed by atoms with Gasteiger partial charge < -0.3 is 9.05 Å². The Bertz CT molecular complexity index is 1110. The van der Waals surface area contributed by atoms with Gasteiger partial charge in [0.2, 0.25) is 0 Å². The molecule has 0 saturated carbocycles. The van der Waals surface area contributed by atoms with Crippen LogP contribution in [0.3, 0.4) is 0 Å². The second kappa shape index (κ2) is 13.4. The maximum Gasteiger partial charge on any atom is 0.335 e. The molecule has 1 aliphatic rings. The van der Waals surface area contributed by atoms with Gasteiger partial charge in [0.05, 0.1) is 25.4 Å². The lowest BCUT2D eigenvalue weighted by Crippen LogP contribution is -2.47. The lowest BCUT2D eigenvalue weighted by molar-refractivity contribution is 0.105. The average molecular weight is 561 g/mol. The van der Waals surface area contributed by atoms with Crippen LogP contribution in [-0.2, 0) is 26.3 Å². The number of benzene rings is 3. The summed E-state index contributed by atoms with van der Waals surface area (Å²) >= 11 is 12.3. The van der Waals surface area contributed by atoms with Crippen LogP contribution in [-0.4, -0.2) is 49.2 Å². The first-order valence-electron chi connectivity index (χ1n) is 12.8. The second-order valence-corrected chi connectivity index (χ2v) is 12.2. The van der Waals surface area contributed by atoms with Crippen LogP contribution in [0, 0.1) is 0 Å². The summed E-state index contributed by atoms with van der Waals surface area (Å²) in [6, 6.07) is 24.8. The van der Waals surface area contributed by atoms with E-state index in [1.165, 1.54) is 16.7 Å². The summed E-state index contributed by atoms with van der Waals surface area (Å²) < 4.78 is 23.7. The lowest BCUT2D eigenvalue weighted by Gasteiger charge is -2.40. The number of piperazine rings is 1. The minimum atomic E-state index is -3.09. The summed E-state index contributed by atoms with van der Waals surface area (Å²) in [6.45, 7) is 9.17. The van der Waals surface area contributed by atoms with Crippen LogP contribution in [0.25, 0.3) is 0 Å². The van der Waals surface area contributed by atoms with E-state index in [-0.39, 0.29) is 6.04 Å². The largest absolute Gasteiger partial charge is 0.335 e. The number of halogens is 2. The molecule has 3 aromatic rings. The molecule has 4 rings (SSSR count). The van der Waals surface area contributed by atoms with E-state index in [2.05, 4.69) is 46.2 Å². The molecule has 0 radical (unpaired) electrons. The summed E-state index contributed by atoms with van der Waals surface area (Å²) in [4.78, 5) is 5.02. The number of hydrogen-bond donors (Lipinski definition) is 0. The summed E-state index contributed by atoms with van der Waals surface area (Å²) in [5.74, 6) is 0. The van der Waals surface area contributed by atoms with Gasteiger partial charge in [0.25, 0.3) is 0 Å². The van der Waals surface area contributed by atoms with Gasteiger partial charge in [-0.2, -0.15) is 0 Å². The zero-order chi connectivity index (χ0) is 26.3. The molecule has 0 amide bonds. The highest BCUT2D eigenvalue weighted by molar-refractivity contribution is 7.53. The molecule has 1 aliphatic heterocycles. The molecule has 0 aliphatic carbocycles. The number of hydrogen-bond acceptors (Lipinski definition) is 5. The predicted octanol–water partition coefficient (Wildman–Crippen LogP) is 7.67. The molecule has 1 saturated heterocycles.